The smallest absolute Gasteiger partial charge is 0.0706 e. The number of fused-ring (bicyclic) bond motifs is 1. The maximum Gasteiger partial charge on any atom is 0.0706 e. The molecule has 0 bridgehead atoms. The topological polar surface area (TPSA) is 22.8 Å². The molecule has 1 atom stereocenters. The van der Waals surface area contributed by atoms with Gasteiger partial charge in [-0.3, -0.25) is 4.68 Å². The van der Waals surface area contributed by atoms with Crippen LogP contribution in [0, 0.1) is 0 Å². The van der Waals surface area contributed by atoms with E-state index >= 15 is 0 Å². The fourth-order valence-corrected chi connectivity index (χ4v) is 8.90. The molecule has 3 heterocycles. The van der Waals surface area contributed by atoms with Crippen LogP contribution in [-0.2, 0) is 52.1 Å². The first-order chi connectivity index (χ1) is 21.1. The molecular formula is C40H51N3. The highest BCUT2D eigenvalue weighted by molar-refractivity contribution is 6.03. The fraction of sp³-hybridized carbons (Fsp3) is 0.525. The van der Waals surface area contributed by atoms with Gasteiger partial charge in [-0.05, 0) is 123 Å². The van der Waals surface area contributed by atoms with Gasteiger partial charge in [-0.1, -0.05) is 70.0 Å². The first kappa shape index (κ1) is 28.7. The minimum atomic E-state index is 0.495. The molecule has 1 unspecified atom stereocenters. The number of hydrogen-bond acceptors (Lipinski definition) is 1. The van der Waals surface area contributed by atoms with Crippen molar-refractivity contribution in [1.82, 2.24) is 14.3 Å². The highest BCUT2D eigenvalue weighted by atomic mass is 15.3. The maximum atomic E-state index is 5.14. The summed E-state index contributed by atoms with van der Waals surface area (Å²) in [6, 6.07) is 12.1. The molecule has 2 aromatic heterocycles. The summed E-state index contributed by atoms with van der Waals surface area (Å²) >= 11 is 0. The zero-order valence-corrected chi connectivity index (χ0v) is 27.0. The third kappa shape index (κ3) is 5.11. The summed E-state index contributed by atoms with van der Waals surface area (Å²) in [5, 5.41) is 6.62. The van der Waals surface area contributed by atoms with Crippen LogP contribution < -0.4 is 0 Å². The van der Waals surface area contributed by atoms with Crippen molar-refractivity contribution in [3.8, 4) is 11.1 Å². The molecule has 7 rings (SSSR count). The average Bonchev–Trinajstić information content (AvgIpc) is 3.52. The van der Waals surface area contributed by atoms with Crippen molar-refractivity contribution >= 4 is 16.5 Å². The van der Waals surface area contributed by atoms with Gasteiger partial charge < -0.3 is 4.57 Å². The van der Waals surface area contributed by atoms with E-state index in [0.29, 0.717) is 5.92 Å². The zero-order valence-electron chi connectivity index (χ0n) is 27.0. The number of hydrogen-bond donors (Lipinski definition) is 0. The van der Waals surface area contributed by atoms with Crippen LogP contribution in [0.2, 0.25) is 0 Å². The summed E-state index contributed by atoms with van der Waals surface area (Å²) in [5.74, 6) is 0.495. The minimum Gasteiger partial charge on any atom is -0.340 e. The van der Waals surface area contributed by atoms with Gasteiger partial charge in [0, 0.05) is 41.5 Å². The Morgan fingerprint density at radius 3 is 2.63 bits per heavy atom. The van der Waals surface area contributed by atoms with Crippen LogP contribution in [0.4, 0.5) is 0 Å². The molecule has 43 heavy (non-hydrogen) atoms. The molecule has 0 saturated heterocycles. The van der Waals surface area contributed by atoms with Crippen LogP contribution in [-0.4, -0.2) is 14.3 Å². The zero-order chi connectivity index (χ0) is 29.5. The van der Waals surface area contributed by atoms with Gasteiger partial charge in [-0.15, -0.1) is 0 Å². The Kier molecular flexibility index (Phi) is 8.10. The Labute approximate surface area is 259 Å². The fourth-order valence-electron chi connectivity index (χ4n) is 8.90. The predicted octanol–water partition coefficient (Wildman–Crippen LogP) is 10.1. The van der Waals surface area contributed by atoms with Gasteiger partial charge >= 0.3 is 0 Å². The number of aromatic nitrogens is 3. The number of allylic oxidation sites excluding steroid dienone is 1. The molecule has 3 aliphatic rings. The lowest BCUT2D eigenvalue weighted by Gasteiger charge is -2.21. The van der Waals surface area contributed by atoms with Crippen molar-refractivity contribution in [2.75, 3.05) is 0 Å². The Morgan fingerprint density at radius 1 is 0.907 bits per heavy atom. The largest absolute Gasteiger partial charge is 0.340 e. The molecule has 0 amide bonds. The summed E-state index contributed by atoms with van der Waals surface area (Å²) in [6.07, 6.45) is 19.5. The number of aryl methyl sites for hydroxylation is 6. The molecule has 0 saturated carbocycles. The Morgan fingerprint density at radius 2 is 1.74 bits per heavy atom. The van der Waals surface area contributed by atoms with Crippen molar-refractivity contribution in [3.05, 3.63) is 81.8 Å². The molecular weight excluding hydrogens is 522 g/mol. The molecule has 0 fully saturated rings. The maximum absolute atomic E-state index is 5.14. The predicted molar refractivity (Wildman–Crippen MR) is 182 cm³/mol. The van der Waals surface area contributed by atoms with Crippen molar-refractivity contribution in [1.29, 1.82) is 0 Å². The Hall–Kier alpha value is -3.07. The summed E-state index contributed by atoms with van der Waals surface area (Å²) in [7, 11) is 2.17. The second kappa shape index (κ2) is 12.1. The van der Waals surface area contributed by atoms with Gasteiger partial charge in [0.15, 0.2) is 0 Å². The summed E-state index contributed by atoms with van der Waals surface area (Å²) < 4.78 is 4.96. The molecule has 0 radical (unpaired) electrons. The summed E-state index contributed by atoms with van der Waals surface area (Å²) in [5.41, 5.74) is 18.0. The third-order valence-electron chi connectivity index (χ3n) is 11.0. The van der Waals surface area contributed by atoms with Crippen LogP contribution in [0.3, 0.4) is 0 Å². The quantitative estimate of drug-likeness (QED) is 0.206. The highest BCUT2D eigenvalue weighted by Gasteiger charge is 2.31. The highest BCUT2D eigenvalue weighted by Crippen LogP contribution is 2.47. The second-order valence-corrected chi connectivity index (χ2v) is 13.9. The van der Waals surface area contributed by atoms with Gasteiger partial charge in [0.2, 0.25) is 0 Å². The van der Waals surface area contributed by atoms with E-state index in [1.165, 1.54) is 121 Å². The summed E-state index contributed by atoms with van der Waals surface area (Å²) in [6.45, 7) is 10.7. The van der Waals surface area contributed by atoms with Crippen LogP contribution in [0.1, 0.15) is 129 Å². The first-order valence-corrected chi connectivity index (χ1v) is 17.6. The lowest BCUT2D eigenvalue weighted by Crippen LogP contribution is -2.10. The van der Waals surface area contributed by atoms with Crippen molar-refractivity contribution in [2.24, 2.45) is 7.05 Å². The molecule has 0 spiro atoms. The van der Waals surface area contributed by atoms with Crippen molar-refractivity contribution in [3.63, 3.8) is 0 Å². The second-order valence-electron chi connectivity index (χ2n) is 13.9. The number of nitrogens with zero attached hydrogens (tertiary/aromatic N) is 3. The van der Waals surface area contributed by atoms with E-state index in [1.54, 1.807) is 22.3 Å². The molecule has 2 aliphatic carbocycles. The van der Waals surface area contributed by atoms with Gasteiger partial charge in [0.1, 0.15) is 0 Å². The molecule has 1 aliphatic heterocycles. The first-order valence-electron chi connectivity index (χ1n) is 17.6. The standard InChI is InChI=1S/C40H51N3/c1-5-14-28(3)39-36(27(2)15-12-17-30-19-13-18-29-16-9-10-20-32(29)30)33-24-22-31-23-25-35-38-34(41-42(35)4)21-8-6-7-11-26-43(39)40(33)37(31)38/h13,18-19,22,24,27H,3,5-12,14-17,20-21,23,25-26H2,1-2,4H3. The third-order valence-corrected chi connectivity index (χ3v) is 11.0. The van der Waals surface area contributed by atoms with Gasteiger partial charge in [0.25, 0.3) is 0 Å². The van der Waals surface area contributed by atoms with E-state index in [2.05, 4.69) is 60.5 Å². The monoisotopic (exact) mass is 573 g/mol. The molecule has 226 valence electrons. The molecule has 3 heteroatoms. The van der Waals surface area contributed by atoms with Crippen LogP contribution in [0.5, 0.6) is 0 Å². The molecule has 0 N–H and O–H groups in total. The van der Waals surface area contributed by atoms with Crippen molar-refractivity contribution in [2.45, 2.75) is 129 Å². The van der Waals surface area contributed by atoms with E-state index < -0.39 is 0 Å². The van der Waals surface area contributed by atoms with Gasteiger partial charge in [-0.25, -0.2) is 0 Å². The van der Waals surface area contributed by atoms with Crippen LogP contribution >= 0.6 is 0 Å². The Balaban J connectivity index is 1.33. The van der Waals surface area contributed by atoms with E-state index in [0.717, 1.165) is 38.6 Å². The van der Waals surface area contributed by atoms with E-state index in [4.69, 9.17) is 11.7 Å². The van der Waals surface area contributed by atoms with Gasteiger partial charge in [-0.2, -0.15) is 5.10 Å². The molecule has 4 aromatic rings. The average molecular weight is 574 g/mol. The van der Waals surface area contributed by atoms with Crippen LogP contribution in [0.25, 0.3) is 27.6 Å². The van der Waals surface area contributed by atoms with Crippen LogP contribution in [0.15, 0.2) is 36.9 Å². The normalized spacial score (nSPS) is 17.0. The Bertz CT molecular complexity index is 1660. The lowest BCUT2D eigenvalue weighted by atomic mass is 9.83. The summed E-state index contributed by atoms with van der Waals surface area (Å²) in [4.78, 5) is 0. The minimum absolute atomic E-state index is 0.495. The number of benzene rings is 2. The number of rotatable bonds is 8. The molecule has 2 aromatic carbocycles. The SMILES string of the molecule is C=C(CCC)c1c(C(C)CCCc2cccc3c2CCCC3)c2ccc3c4c2n1CCCCCCc1nn(C)c(c1-4)CC3. The molecule has 3 nitrogen and oxygen atoms in total. The lowest BCUT2D eigenvalue weighted by molar-refractivity contribution is 0.571. The van der Waals surface area contributed by atoms with E-state index in [1.807, 2.05) is 0 Å². The van der Waals surface area contributed by atoms with E-state index in [9.17, 15) is 0 Å². The van der Waals surface area contributed by atoms with E-state index in [-0.39, 0.29) is 0 Å². The van der Waals surface area contributed by atoms with Crippen molar-refractivity contribution < 1.29 is 0 Å². The van der Waals surface area contributed by atoms with Gasteiger partial charge in [0.05, 0.1) is 11.2 Å².